The second kappa shape index (κ2) is 6.25. The topological polar surface area (TPSA) is 47.7 Å². The first-order valence-electron chi connectivity index (χ1n) is 6.16. The molecular formula is C16H13NO3S. The zero-order valence-corrected chi connectivity index (χ0v) is 12.2. The highest BCUT2D eigenvalue weighted by Gasteiger charge is 2.15. The second-order valence-electron chi connectivity index (χ2n) is 4.32. The lowest BCUT2D eigenvalue weighted by Gasteiger charge is -2.07. The Hall–Kier alpha value is -2.58. The van der Waals surface area contributed by atoms with E-state index in [2.05, 4.69) is 4.85 Å². The van der Waals surface area contributed by atoms with Crippen LogP contribution in [0, 0.1) is 6.57 Å². The van der Waals surface area contributed by atoms with Crippen LogP contribution in [-0.2, 0) is 10.1 Å². The van der Waals surface area contributed by atoms with Gasteiger partial charge in [-0.25, -0.2) is 4.85 Å². The zero-order chi connectivity index (χ0) is 15.3. The second-order valence-corrected chi connectivity index (χ2v) is 5.86. The Bertz CT molecular complexity index is 786. The fraction of sp³-hybridized carbons (Fsp3) is 0.0625. The molecule has 0 aliphatic carbocycles. The molecule has 0 aromatic heterocycles. The average Bonchev–Trinajstić information content (AvgIpc) is 2.50. The van der Waals surface area contributed by atoms with E-state index in [1.807, 2.05) is 0 Å². The first kappa shape index (κ1) is 14.8. The molecule has 2 aromatic carbocycles. The largest absolute Gasteiger partial charge is 0.379 e. The number of hydrogen-bond donors (Lipinski definition) is 0. The quantitative estimate of drug-likeness (QED) is 0.638. The lowest BCUT2D eigenvalue weighted by atomic mass is 10.2. The summed E-state index contributed by atoms with van der Waals surface area (Å²) in [7, 11) is -3.82. The van der Waals surface area contributed by atoms with Crippen LogP contribution in [0.4, 0.5) is 0 Å². The Kier molecular flexibility index (Phi) is 4.41. The number of hydrogen-bond acceptors (Lipinski definition) is 3. The fourth-order valence-corrected chi connectivity index (χ4v) is 2.61. The lowest BCUT2D eigenvalue weighted by molar-refractivity contribution is 0.486. The molecule has 0 fully saturated rings. The third kappa shape index (κ3) is 3.94. The van der Waals surface area contributed by atoms with Crippen LogP contribution in [-0.4, -0.2) is 8.42 Å². The average molecular weight is 299 g/mol. The van der Waals surface area contributed by atoms with E-state index in [0.717, 1.165) is 5.56 Å². The van der Waals surface area contributed by atoms with E-state index in [4.69, 9.17) is 10.8 Å². The van der Waals surface area contributed by atoms with Gasteiger partial charge in [-0.3, -0.25) is 0 Å². The summed E-state index contributed by atoms with van der Waals surface area (Å²) in [6, 6.07) is 14.5. The van der Waals surface area contributed by atoms with Crippen molar-refractivity contribution in [3.63, 3.8) is 0 Å². The smallest absolute Gasteiger partial charge is 0.339 e. The van der Waals surface area contributed by atoms with Gasteiger partial charge in [-0.1, -0.05) is 36.4 Å². The van der Waals surface area contributed by atoms with E-state index < -0.39 is 10.1 Å². The van der Waals surface area contributed by atoms with E-state index in [-0.39, 0.29) is 10.6 Å². The Morgan fingerprint density at radius 1 is 1.10 bits per heavy atom. The van der Waals surface area contributed by atoms with Gasteiger partial charge >= 0.3 is 10.1 Å². The highest BCUT2D eigenvalue weighted by Crippen LogP contribution is 2.20. The molecule has 0 saturated heterocycles. The predicted octanol–water partition coefficient (Wildman–Crippen LogP) is 3.73. The highest BCUT2D eigenvalue weighted by atomic mass is 32.2. The Morgan fingerprint density at radius 2 is 1.71 bits per heavy atom. The van der Waals surface area contributed by atoms with Gasteiger partial charge in [-0.2, -0.15) is 8.42 Å². The van der Waals surface area contributed by atoms with Gasteiger partial charge in [0.05, 0.1) is 6.57 Å². The molecule has 21 heavy (non-hydrogen) atoms. The maximum Gasteiger partial charge on any atom is 0.339 e. The number of nitrogens with zero attached hydrogens (tertiary/aromatic N) is 1. The van der Waals surface area contributed by atoms with Crippen LogP contribution in [0.1, 0.15) is 12.5 Å². The summed E-state index contributed by atoms with van der Waals surface area (Å²) in [6.45, 7) is 8.57. The molecule has 0 spiro atoms. The van der Waals surface area contributed by atoms with E-state index in [0.29, 0.717) is 5.70 Å². The third-order valence-corrected chi connectivity index (χ3v) is 3.93. The number of benzene rings is 2. The van der Waals surface area contributed by atoms with Gasteiger partial charge in [0.1, 0.15) is 10.6 Å². The number of rotatable bonds is 4. The fourth-order valence-electron chi connectivity index (χ4n) is 1.66. The molecule has 0 N–H and O–H groups in total. The van der Waals surface area contributed by atoms with Crippen molar-refractivity contribution in [3.05, 3.63) is 77.3 Å². The molecule has 106 valence electrons. The van der Waals surface area contributed by atoms with Gasteiger partial charge in [-0.05, 0) is 36.8 Å². The molecule has 0 bridgehead atoms. The van der Waals surface area contributed by atoms with Gasteiger partial charge in [-0.15, -0.1) is 0 Å². The molecule has 2 aromatic rings. The van der Waals surface area contributed by atoms with Crippen molar-refractivity contribution in [2.75, 3.05) is 0 Å². The Balaban J connectivity index is 2.20. The van der Waals surface area contributed by atoms with E-state index in [1.54, 1.807) is 55.5 Å². The summed E-state index contributed by atoms with van der Waals surface area (Å²) in [5.41, 5.74) is 1.37. The van der Waals surface area contributed by atoms with E-state index >= 15 is 0 Å². The van der Waals surface area contributed by atoms with Gasteiger partial charge in [0, 0.05) is 0 Å². The maximum atomic E-state index is 12.0. The summed E-state index contributed by atoms with van der Waals surface area (Å²) in [4.78, 5) is 3.40. The first-order chi connectivity index (χ1) is 10.0. The van der Waals surface area contributed by atoms with Crippen molar-refractivity contribution < 1.29 is 12.6 Å². The van der Waals surface area contributed by atoms with Crippen LogP contribution in [0.3, 0.4) is 0 Å². The Morgan fingerprint density at radius 3 is 2.29 bits per heavy atom. The summed E-state index contributed by atoms with van der Waals surface area (Å²) < 4.78 is 29.1. The number of allylic oxidation sites excluding steroid dienone is 1. The van der Waals surface area contributed by atoms with Gasteiger partial charge < -0.3 is 4.18 Å². The van der Waals surface area contributed by atoms with Crippen LogP contribution in [0.2, 0.25) is 0 Å². The minimum absolute atomic E-state index is 0.109. The van der Waals surface area contributed by atoms with Crippen LogP contribution in [0.15, 0.2) is 65.2 Å². The van der Waals surface area contributed by atoms with Gasteiger partial charge in [0.2, 0.25) is 0 Å². The molecule has 0 heterocycles. The van der Waals surface area contributed by atoms with Crippen LogP contribution in [0.25, 0.3) is 10.9 Å². The van der Waals surface area contributed by atoms with Crippen molar-refractivity contribution in [2.45, 2.75) is 11.8 Å². The summed E-state index contributed by atoms with van der Waals surface area (Å²) in [5.74, 6) is 0.233. The summed E-state index contributed by atoms with van der Waals surface area (Å²) >= 11 is 0. The van der Waals surface area contributed by atoms with Crippen molar-refractivity contribution in [1.82, 2.24) is 0 Å². The van der Waals surface area contributed by atoms with Gasteiger partial charge in [0.25, 0.3) is 0 Å². The van der Waals surface area contributed by atoms with Crippen molar-refractivity contribution in [2.24, 2.45) is 0 Å². The predicted molar refractivity (Wildman–Crippen MR) is 81.0 cm³/mol. The Labute approximate surface area is 124 Å². The van der Waals surface area contributed by atoms with Crippen molar-refractivity contribution in [1.29, 1.82) is 0 Å². The lowest BCUT2D eigenvalue weighted by Crippen LogP contribution is -2.09. The summed E-state index contributed by atoms with van der Waals surface area (Å²) in [5, 5.41) is 0. The van der Waals surface area contributed by atoms with Gasteiger partial charge in [0.15, 0.2) is 5.70 Å². The van der Waals surface area contributed by atoms with Crippen LogP contribution in [0.5, 0.6) is 5.75 Å². The van der Waals surface area contributed by atoms with Crippen LogP contribution >= 0.6 is 0 Å². The van der Waals surface area contributed by atoms with Crippen LogP contribution < -0.4 is 4.18 Å². The molecular weight excluding hydrogens is 286 g/mol. The highest BCUT2D eigenvalue weighted by molar-refractivity contribution is 7.87. The molecule has 0 radical (unpaired) electrons. The molecule has 0 amide bonds. The molecule has 4 nitrogen and oxygen atoms in total. The molecule has 0 atom stereocenters. The minimum Gasteiger partial charge on any atom is -0.379 e. The first-order valence-corrected chi connectivity index (χ1v) is 7.57. The normalized spacial score (nSPS) is 11.7. The zero-order valence-electron chi connectivity index (χ0n) is 11.4. The molecule has 0 aliphatic heterocycles. The van der Waals surface area contributed by atoms with Crippen molar-refractivity contribution in [3.8, 4) is 5.75 Å². The maximum absolute atomic E-state index is 12.0. The third-order valence-electron chi connectivity index (χ3n) is 2.67. The molecule has 2 rings (SSSR count). The molecule has 5 heteroatoms. The minimum atomic E-state index is -3.82. The van der Waals surface area contributed by atoms with E-state index in [1.165, 1.54) is 12.1 Å². The van der Waals surface area contributed by atoms with E-state index in [9.17, 15) is 8.42 Å². The standard InChI is InChI=1S/C16H13NO3S/c1-13(17-2)12-14-8-10-15(11-9-14)20-21(18,19)16-6-4-3-5-7-16/h3-12H,1H3. The molecule has 0 unspecified atom stereocenters. The summed E-state index contributed by atoms with van der Waals surface area (Å²) in [6.07, 6.45) is 1.71. The molecule has 0 saturated carbocycles. The monoisotopic (exact) mass is 299 g/mol. The SMILES string of the molecule is [C-]#[N+]C(C)=Cc1ccc(OS(=O)(=O)c2ccccc2)cc1. The van der Waals surface area contributed by atoms with Crippen molar-refractivity contribution >= 4 is 16.2 Å². The molecule has 0 aliphatic rings.